The third-order valence-corrected chi connectivity index (χ3v) is 6.75. The van der Waals surface area contributed by atoms with Crippen LogP contribution in [0.25, 0.3) is 10.2 Å². The first kappa shape index (κ1) is 16.9. The Morgan fingerprint density at radius 3 is 2.81 bits per heavy atom. The van der Waals surface area contributed by atoms with Gasteiger partial charge in [0.15, 0.2) is 0 Å². The highest BCUT2D eigenvalue weighted by atomic mass is 32.1. The van der Waals surface area contributed by atoms with Crippen molar-refractivity contribution in [2.75, 3.05) is 10.6 Å². The Labute approximate surface area is 161 Å². The fourth-order valence-electron chi connectivity index (χ4n) is 4.18. The van der Waals surface area contributed by atoms with Crippen molar-refractivity contribution < 1.29 is 5.11 Å². The molecule has 2 aliphatic carbocycles. The summed E-state index contributed by atoms with van der Waals surface area (Å²) >= 11 is 1.80. The van der Waals surface area contributed by atoms with E-state index in [0.29, 0.717) is 12.0 Å². The molecule has 0 bridgehead atoms. The van der Waals surface area contributed by atoms with Gasteiger partial charge in [0.25, 0.3) is 0 Å². The molecular formula is C19H24N6OS. The normalized spacial score (nSPS) is 22.1. The van der Waals surface area contributed by atoms with Crippen molar-refractivity contribution in [3.63, 3.8) is 0 Å². The molecule has 0 unspecified atom stereocenters. The third-order valence-electron chi connectivity index (χ3n) is 5.56. The van der Waals surface area contributed by atoms with Gasteiger partial charge in [-0.25, -0.2) is 4.98 Å². The average Bonchev–Trinajstić information content (AvgIpc) is 3.33. The van der Waals surface area contributed by atoms with E-state index in [9.17, 15) is 5.11 Å². The molecule has 3 N–H and O–H groups in total. The first-order valence-electron chi connectivity index (χ1n) is 9.68. The van der Waals surface area contributed by atoms with Crippen LogP contribution < -0.4 is 10.6 Å². The summed E-state index contributed by atoms with van der Waals surface area (Å²) < 4.78 is 1.76. The van der Waals surface area contributed by atoms with Gasteiger partial charge in [-0.05, 0) is 50.5 Å². The minimum absolute atomic E-state index is 0.151. The number of aliphatic hydroxyl groups is 1. The second-order valence-electron chi connectivity index (χ2n) is 7.61. The molecule has 3 aromatic heterocycles. The van der Waals surface area contributed by atoms with Gasteiger partial charge in [0, 0.05) is 24.2 Å². The quantitative estimate of drug-likeness (QED) is 0.639. The maximum absolute atomic E-state index is 9.80. The van der Waals surface area contributed by atoms with E-state index >= 15 is 0 Å². The number of aryl methyl sites for hydroxylation is 3. The first-order chi connectivity index (χ1) is 13.2. The molecule has 1 saturated carbocycles. The standard InChI is InChI=1S/C19H24N6OS/c1-25-10-12(9-20-25)22-19-23-17(21-11-5-7-13(26)8-6-11)16-14-3-2-4-15(14)27-18(16)24-19/h9-11,13,26H,2-8H2,1H3,(H2,21,22,23,24). The maximum atomic E-state index is 9.80. The molecule has 0 aromatic carbocycles. The molecule has 2 aliphatic rings. The fourth-order valence-corrected chi connectivity index (χ4v) is 5.45. The molecule has 0 aliphatic heterocycles. The van der Waals surface area contributed by atoms with Crippen molar-refractivity contribution in [3.05, 3.63) is 22.8 Å². The predicted molar refractivity (Wildman–Crippen MR) is 108 cm³/mol. The Balaban J connectivity index is 1.51. The highest BCUT2D eigenvalue weighted by Crippen LogP contribution is 2.40. The predicted octanol–water partition coefficient (Wildman–Crippen LogP) is 3.37. The van der Waals surface area contributed by atoms with Gasteiger partial charge >= 0.3 is 0 Å². The molecule has 0 radical (unpaired) electrons. The van der Waals surface area contributed by atoms with Crippen LogP contribution in [0.4, 0.5) is 17.5 Å². The Morgan fingerprint density at radius 1 is 1.19 bits per heavy atom. The molecular weight excluding hydrogens is 360 g/mol. The zero-order valence-electron chi connectivity index (χ0n) is 15.4. The SMILES string of the molecule is Cn1cc(Nc2nc(NC3CCC(O)CC3)c3c4c(sc3n2)CCC4)cn1. The molecule has 0 saturated heterocycles. The van der Waals surface area contributed by atoms with E-state index in [2.05, 4.69) is 15.7 Å². The van der Waals surface area contributed by atoms with Crippen LogP contribution in [0, 0.1) is 0 Å². The van der Waals surface area contributed by atoms with E-state index in [1.807, 2.05) is 13.2 Å². The minimum atomic E-state index is -0.151. The Kier molecular flexibility index (Phi) is 4.24. The third kappa shape index (κ3) is 3.27. The monoisotopic (exact) mass is 384 g/mol. The number of nitrogens with one attached hydrogen (secondary N) is 2. The number of anilines is 3. The number of aliphatic hydroxyl groups excluding tert-OH is 1. The summed E-state index contributed by atoms with van der Waals surface area (Å²) in [5.74, 6) is 1.54. The smallest absolute Gasteiger partial charge is 0.230 e. The van der Waals surface area contributed by atoms with E-state index in [1.165, 1.54) is 22.2 Å². The molecule has 27 heavy (non-hydrogen) atoms. The molecule has 142 valence electrons. The molecule has 0 atom stereocenters. The molecule has 0 amide bonds. The lowest BCUT2D eigenvalue weighted by Crippen LogP contribution is -2.28. The van der Waals surface area contributed by atoms with Gasteiger partial charge in [0.2, 0.25) is 5.95 Å². The van der Waals surface area contributed by atoms with Crippen molar-refractivity contribution in [2.24, 2.45) is 7.05 Å². The van der Waals surface area contributed by atoms with E-state index in [0.717, 1.165) is 54.9 Å². The second-order valence-corrected chi connectivity index (χ2v) is 8.69. The second kappa shape index (κ2) is 6.76. The van der Waals surface area contributed by atoms with Crippen LogP contribution in [0.2, 0.25) is 0 Å². The van der Waals surface area contributed by atoms with Crippen LogP contribution in [0.1, 0.15) is 42.5 Å². The zero-order chi connectivity index (χ0) is 18.4. The summed E-state index contributed by atoms with van der Waals surface area (Å²) in [5.41, 5.74) is 2.31. The highest BCUT2D eigenvalue weighted by molar-refractivity contribution is 7.19. The van der Waals surface area contributed by atoms with Crippen LogP contribution in [-0.4, -0.2) is 37.0 Å². The molecule has 0 spiro atoms. The number of hydrogen-bond donors (Lipinski definition) is 3. The lowest BCUT2D eigenvalue weighted by molar-refractivity contribution is 0.126. The van der Waals surface area contributed by atoms with Gasteiger partial charge in [0.05, 0.1) is 23.4 Å². The topological polar surface area (TPSA) is 87.9 Å². The van der Waals surface area contributed by atoms with Crippen molar-refractivity contribution in [2.45, 2.75) is 57.1 Å². The fraction of sp³-hybridized carbons (Fsp3) is 0.526. The van der Waals surface area contributed by atoms with E-state index < -0.39 is 0 Å². The number of nitrogens with zero attached hydrogens (tertiary/aromatic N) is 4. The average molecular weight is 385 g/mol. The molecule has 7 nitrogen and oxygen atoms in total. The summed E-state index contributed by atoms with van der Waals surface area (Å²) in [6.07, 6.45) is 10.7. The van der Waals surface area contributed by atoms with Gasteiger partial charge in [0.1, 0.15) is 10.6 Å². The van der Waals surface area contributed by atoms with E-state index in [1.54, 1.807) is 22.2 Å². The highest BCUT2D eigenvalue weighted by Gasteiger charge is 2.25. The Hall–Kier alpha value is -2.19. The van der Waals surface area contributed by atoms with Crippen LogP contribution in [0.3, 0.4) is 0 Å². The molecule has 3 heterocycles. The summed E-state index contributed by atoms with van der Waals surface area (Å²) in [6, 6.07) is 0.356. The van der Waals surface area contributed by atoms with E-state index in [-0.39, 0.29) is 6.10 Å². The number of aromatic nitrogens is 4. The molecule has 8 heteroatoms. The summed E-state index contributed by atoms with van der Waals surface area (Å²) in [4.78, 5) is 12.1. The van der Waals surface area contributed by atoms with Crippen LogP contribution >= 0.6 is 11.3 Å². The lowest BCUT2D eigenvalue weighted by atomic mass is 9.93. The zero-order valence-corrected chi connectivity index (χ0v) is 16.2. The molecule has 3 aromatic rings. The number of hydrogen-bond acceptors (Lipinski definition) is 7. The molecule has 5 rings (SSSR count). The largest absolute Gasteiger partial charge is 0.393 e. The van der Waals surface area contributed by atoms with Crippen LogP contribution in [0.15, 0.2) is 12.4 Å². The summed E-state index contributed by atoms with van der Waals surface area (Å²) in [5, 5.41) is 22.2. The molecule has 1 fully saturated rings. The van der Waals surface area contributed by atoms with Crippen molar-refractivity contribution in [1.82, 2.24) is 19.7 Å². The maximum Gasteiger partial charge on any atom is 0.230 e. The summed E-state index contributed by atoms with van der Waals surface area (Å²) in [6.45, 7) is 0. The Morgan fingerprint density at radius 2 is 2.04 bits per heavy atom. The van der Waals surface area contributed by atoms with Crippen molar-refractivity contribution >= 4 is 39.0 Å². The lowest BCUT2D eigenvalue weighted by Gasteiger charge is -2.27. The van der Waals surface area contributed by atoms with Crippen molar-refractivity contribution in [3.8, 4) is 0 Å². The van der Waals surface area contributed by atoms with Crippen molar-refractivity contribution in [1.29, 1.82) is 0 Å². The number of rotatable bonds is 4. The van der Waals surface area contributed by atoms with Gasteiger partial charge in [-0.15, -0.1) is 11.3 Å². The van der Waals surface area contributed by atoms with Crippen LogP contribution in [0.5, 0.6) is 0 Å². The van der Waals surface area contributed by atoms with Crippen LogP contribution in [-0.2, 0) is 19.9 Å². The Bertz CT molecular complexity index is 972. The first-order valence-corrected chi connectivity index (χ1v) is 10.5. The number of thiophene rings is 1. The van der Waals surface area contributed by atoms with Gasteiger partial charge in [-0.1, -0.05) is 0 Å². The van der Waals surface area contributed by atoms with Gasteiger partial charge in [-0.2, -0.15) is 10.1 Å². The van der Waals surface area contributed by atoms with E-state index in [4.69, 9.17) is 9.97 Å². The summed E-state index contributed by atoms with van der Waals surface area (Å²) in [7, 11) is 1.89. The van der Waals surface area contributed by atoms with Gasteiger partial charge in [-0.3, -0.25) is 4.68 Å². The number of fused-ring (bicyclic) bond motifs is 3. The van der Waals surface area contributed by atoms with Gasteiger partial charge < -0.3 is 15.7 Å². The minimum Gasteiger partial charge on any atom is -0.393 e.